The lowest BCUT2D eigenvalue weighted by Crippen LogP contribution is -2.36. The maximum Gasteiger partial charge on any atom is 0.323 e. The van der Waals surface area contributed by atoms with Crippen LogP contribution in [0.25, 0.3) is 0 Å². The van der Waals surface area contributed by atoms with Crippen LogP contribution in [0.4, 0.5) is 5.69 Å². The van der Waals surface area contributed by atoms with Crippen molar-refractivity contribution in [2.75, 3.05) is 18.8 Å². The summed E-state index contributed by atoms with van der Waals surface area (Å²) in [5, 5.41) is 8.72. The number of halogens is 1. The van der Waals surface area contributed by atoms with Gasteiger partial charge in [-0.3, -0.25) is 9.59 Å². The number of carbonyl (C=O) groups excluding carboxylic acids is 1. The Morgan fingerprint density at radius 2 is 2.11 bits per heavy atom. The zero-order valence-corrected chi connectivity index (χ0v) is 11.0. The van der Waals surface area contributed by atoms with Gasteiger partial charge in [0.15, 0.2) is 0 Å². The topological polar surface area (TPSA) is 83.6 Å². The highest BCUT2D eigenvalue weighted by atomic mass is 79.9. The van der Waals surface area contributed by atoms with E-state index in [2.05, 4.69) is 21.9 Å². The van der Waals surface area contributed by atoms with E-state index in [0.29, 0.717) is 15.7 Å². The van der Waals surface area contributed by atoms with Crippen LogP contribution >= 0.6 is 15.9 Å². The minimum atomic E-state index is -1.12. The number of hydrogen-bond acceptors (Lipinski definition) is 3. The normalized spacial score (nSPS) is 9.56. The monoisotopic (exact) mass is 310 g/mol. The SMILES string of the molecule is C#CCN(CC(=O)O)C(=O)c1cc(N)cc(Br)c1. The van der Waals surface area contributed by atoms with E-state index < -0.39 is 18.4 Å². The molecule has 1 aromatic rings. The second-order valence-corrected chi connectivity index (χ2v) is 4.45. The number of amides is 1. The summed E-state index contributed by atoms with van der Waals surface area (Å²) < 4.78 is 0.641. The zero-order chi connectivity index (χ0) is 13.7. The third-order valence-corrected chi connectivity index (χ3v) is 2.52. The number of benzene rings is 1. The molecule has 1 aromatic carbocycles. The summed E-state index contributed by atoms with van der Waals surface area (Å²) in [5.41, 5.74) is 6.31. The van der Waals surface area contributed by atoms with Gasteiger partial charge in [-0.15, -0.1) is 6.42 Å². The minimum absolute atomic E-state index is 0.0719. The first-order valence-corrected chi connectivity index (χ1v) is 5.74. The Labute approximate surface area is 113 Å². The Hall–Kier alpha value is -2.00. The largest absolute Gasteiger partial charge is 0.480 e. The van der Waals surface area contributed by atoms with E-state index in [-0.39, 0.29) is 6.54 Å². The number of carboxylic acid groups (broad SMARTS) is 1. The van der Waals surface area contributed by atoms with Crippen LogP contribution in [0.15, 0.2) is 22.7 Å². The van der Waals surface area contributed by atoms with Crippen molar-refractivity contribution in [1.82, 2.24) is 4.90 Å². The third kappa shape index (κ3) is 3.79. The van der Waals surface area contributed by atoms with Crippen LogP contribution in [-0.2, 0) is 4.79 Å². The van der Waals surface area contributed by atoms with E-state index in [9.17, 15) is 9.59 Å². The van der Waals surface area contributed by atoms with Crippen LogP contribution < -0.4 is 5.73 Å². The Kier molecular flexibility index (Phi) is 4.75. The van der Waals surface area contributed by atoms with Crippen molar-refractivity contribution >= 4 is 33.5 Å². The molecule has 0 spiro atoms. The minimum Gasteiger partial charge on any atom is -0.480 e. The molecule has 94 valence electrons. The van der Waals surface area contributed by atoms with Gasteiger partial charge in [0.25, 0.3) is 5.91 Å². The molecule has 0 aliphatic carbocycles. The van der Waals surface area contributed by atoms with E-state index in [1.807, 2.05) is 0 Å². The fraction of sp³-hybridized carbons (Fsp3) is 0.167. The van der Waals surface area contributed by atoms with Gasteiger partial charge in [0.1, 0.15) is 6.54 Å². The summed E-state index contributed by atoms with van der Waals surface area (Å²) in [5.74, 6) is 0.659. The number of nitrogens with zero attached hydrogens (tertiary/aromatic N) is 1. The number of anilines is 1. The van der Waals surface area contributed by atoms with Gasteiger partial charge < -0.3 is 15.7 Å². The molecule has 0 saturated heterocycles. The van der Waals surface area contributed by atoms with Crippen molar-refractivity contribution < 1.29 is 14.7 Å². The predicted octanol–water partition coefficient (Wildman–Crippen LogP) is 1.19. The lowest BCUT2D eigenvalue weighted by Gasteiger charge is -2.18. The second-order valence-electron chi connectivity index (χ2n) is 3.53. The maximum absolute atomic E-state index is 12.1. The van der Waals surface area contributed by atoms with Gasteiger partial charge in [-0.1, -0.05) is 21.9 Å². The van der Waals surface area contributed by atoms with Crippen LogP contribution in [-0.4, -0.2) is 35.0 Å². The van der Waals surface area contributed by atoms with Crippen LogP contribution in [0.3, 0.4) is 0 Å². The summed E-state index contributed by atoms with van der Waals surface area (Å²) >= 11 is 3.21. The fourth-order valence-electron chi connectivity index (χ4n) is 1.39. The summed E-state index contributed by atoms with van der Waals surface area (Å²) in [7, 11) is 0. The summed E-state index contributed by atoms with van der Waals surface area (Å²) in [6.07, 6.45) is 5.11. The molecule has 0 aliphatic rings. The first-order valence-electron chi connectivity index (χ1n) is 4.94. The highest BCUT2D eigenvalue weighted by Crippen LogP contribution is 2.18. The fourth-order valence-corrected chi connectivity index (χ4v) is 1.90. The molecule has 5 nitrogen and oxygen atoms in total. The van der Waals surface area contributed by atoms with Crippen molar-refractivity contribution in [1.29, 1.82) is 0 Å². The van der Waals surface area contributed by atoms with Crippen molar-refractivity contribution in [3.63, 3.8) is 0 Å². The molecule has 0 bridgehead atoms. The van der Waals surface area contributed by atoms with Crippen LogP contribution in [0.5, 0.6) is 0 Å². The summed E-state index contributed by atoms with van der Waals surface area (Å²) in [6.45, 7) is -0.521. The molecule has 0 aromatic heterocycles. The number of aliphatic carboxylic acids is 1. The molecule has 18 heavy (non-hydrogen) atoms. The quantitative estimate of drug-likeness (QED) is 0.646. The number of rotatable bonds is 4. The van der Waals surface area contributed by atoms with Crippen molar-refractivity contribution in [3.05, 3.63) is 28.2 Å². The van der Waals surface area contributed by atoms with Crippen molar-refractivity contribution in [2.24, 2.45) is 0 Å². The number of hydrogen-bond donors (Lipinski definition) is 2. The van der Waals surface area contributed by atoms with E-state index in [1.54, 1.807) is 12.1 Å². The molecule has 1 rings (SSSR count). The molecule has 0 radical (unpaired) electrons. The van der Waals surface area contributed by atoms with Crippen LogP contribution in [0, 0.1) is 12.3 Å². The average Bonchev–Trinajstić information content (AvgIpc) is 2.25. The van der Waals surface area contributed by atoms with E-state index in [0.717, 1.165) is 4.90 Å². The van der Waals surface area contributed by atoms with Crippen molar-refractivity contribution in [2.45, 2.75) is 0 Å². The third-order valence-electron chi connectivity index (χ3n) is 2.06. The molecule has 0 atom stereocenters. The highest BCUT2D eigenvalue weighted by Gasteiger charge is 2.18. The van der Waals surface area contributed by atoms with Gasteiger partial charge in [-0.05, 0) is 18.2 Å². The smallest absolute Gasteiger partial charge is 0.323 e. The van der Waals surface area contributed by atoms with Gasteiger partial charge in [0, 0.05) is 15.7 Å². The van der Waals surface area contributed by atoms with E-state index in [4.69, 9.17) is 17.3 Å². The summed E-state index contributed by atoms with van der Waals surface area (Å²) in [4.78, 5) is 23.8. The first-order chi connectivity index (χ1) is 8.43. The maximum atomic E-state index is 12.1. The predicted molar refractivity (Wildman–Crippen MR) is 70.9 cm³/mol. The molecule has 3 N–H and O–H groups in total. The molecule has 0 saturated carbocycles. The van der Waals surface area contributed by atoms with Gasteiger partial charge in [0.05, 0.1) is 6.54 Å². The highest BCUT2D eigenvalue weighted by molar-refractivity contribution is 9.10. The zero-order valence-electron chi connectivity index (χ0n) is 9.39. The van der Waals surface area contributed by atoms with E-state index in [1.165, 1.54) is 6.07 Å². The van der Waals surface area contributed by atoms with E-state index >= 15 is 0 Å². The molecule has 0 heterocycles. The van der Waals surface area contributed by atoms with Crippen LogP contribution in [0.1, 0.15) is 10.4 Å². The Bertz CT molecular complexity index is 502. The number of nitrogen functional groups attached to an aromatic ring is 1. The van der Waals surface area contributed by atoms with Crippen LogP contribution in [0.2, 0.25) is 0 Å². The first kappa shape index (κ1) is 14.1. The molecule has 0 fully saturated rings. The summed E-state index contributed by atoms with van der Waals surface area (Å²) in [6, 6.07) is 4.67. The van der Waals surface area contributed by atoms with Gasteiger partial charge in [-0.25, -0.2) is 0 Å². The van der Waals surface area contributed by atoms with Gasteiger partial charge >= 0.3 is 5.97 Å². The Morgan fingerprint density at radius 3 is 2.61 bits per heavy atom. The Morgan fingerprint density at radius 1 is 1.44 bits per heavy atom. The average molecular weight is 311 g/mol. The van der Waals surface area contributed by atoms with Gasteiger partial charge in [0.2, 0.25) is 0 Å². The standard InChI is InChI=1S/C12H11BrN2O3/c1-2-3-15(7-11(16)17)12(18)8-4-9(13)6-10(14)5-8/h1,4-6H,3,7,14H2,(H,16,17). The second kappa shape index (κ2) is 6.07. The lowest BCUT2D eigenvalue weighted by molar-refractivity contribution is -0.137. The number of carbonyl (C=O) groups is 2. The molecule has 0 unspecified atom stereocenters. The van der Waals surface area contributed by atoms with Gasteiger partial charge in [-0.2, -0.15) is 0 Å². The molecule has 1 amide bonds. The molecule has 0 aliphatic heterocycles. The molecular weight excluding hydrogens is 300 g/mol. The Balaban J connectivity index is 3.01. The number of terminal acetylenes is 1. The number of nitrogens with two attached hydrogens (primary N) is 1. The van der Waals surface area contributed by atoms with Crippen molar-refractivity contribution in [3.8, 4) is 12.3 Å². The lowest BCUT2D eigenvalue weighted by atomic mass is 10.1. The molecule has 6 heteroatoms. The molecular formula is C12H11BrN2O3. The number of carboxylic acids is 1.